The van der Waals surface area contributed by atoms with E-state index in [-0.39, 0.29) is 0 Å². The molecule has 0 heterocycles. The molecule has 0 N–H and O–H groups in total. The molecule has 188 valence electrons. The molecule has 0 aliphatic heterocycles. The standard InChI is InChI=1S/C25H27F7O2/c1-2-13-33-15-16-3-5-17(6-4-16)18-7-9-19(10-8-18)20-11-12-22(21(26)14-20)34-25(31,32)23(27)24(28,29)30/h7-12,14,16-17,23H,2-6,13,15H2,1H3. The highest BCUT2D eigenvalue weighted by Gasteiger charge is 2.59. The Bertz CT molecular complexity index is 920. The predicted molar refractivity (Wildman–Crippen MR) is 114 cm³/mol. The summed E-state index contributed by atoms with van der Waals surface area (Å²) in [6.07, 6.45) is -10.4. The van der Waals surface area contributed by atoms with Crippen LogP contribution in [0, 0.1) is 11.7 Å². The molecule has 0 aromatic heterocycles. The Balaban J connectivity index is 1.62. The van der Waals surface area contributed by atoms with Crippen LogP contribution in [0.2, 0.25) is 0 Å². The van der Waals surface area contributed by atoms with Crippen molar-refractivity contribution in [3.63, 3.8) is 0 Å². The van der Waals surface area contributed by atoms with Crippen LogP contribution in [0.15, 0.2) is 42.5 Å². The van der Waals surface area contributed by atoms with E-state index in [0.717, 1.165) is 63.0 Å². The van der Waals surface area contributed by atoms with Crippen molar-refractivity contribution in [1.29, 1.82) is 0 Å². The Morgan fingerprint density at radius 1 is 0.912 bits per heavy atom. The first-order chi connectivity index (χ1) is 16.0. The van der Waals surface area contributed by atoms with Crippen molar-refractivity contribution in [3.05, 3.63) is 53.8 Å². The molecule has 9 heteroatoms. The molecule has 2 aromatic carbocycles. The van der Waals surface area contributed by atoms with Gasteiger partial charge in [-0.3, -0.25) is 0 Å². The zero-order valence-corrected chi connectivity index (χ0v) is 18.7. The Morgan fingerprint density at radius 2 is 1.53 bits per heavy atom. The lowest BCUT2D eigenvalue weighted by Crippen LogP contribution is -2.45. The van der Waals surface area contributed by atoms with Gasteiger partial charge in [0.25, 0.3) is 6.17 Å². The molecule has 2 nitrogen and oxygen atoms in total. The van der Waals surface area contributed by atoms with Crippen LogP contribution in [0.1, 0.15) is 50.5 Å². The van der Waals surface area contributed by atoms with Gasteiger partial charge in [0.15, 0.2) is 11.6 Å². The quantitative estimate of drug-likeness (QED) is 0.260. The molecule has 0 bridgehead atoms. The van der Waals surface area contributed by atoms with Crippen molar-refractivity contribution >= 4 is 0 Å². The van der Waals surface area contributed by atoms with E-state index < -0.39 is 30.0 Å². The van der Waals surface area contributed by atoms with Crippen LogP contribution in [0.3, 0.4) is 0 Å². The van der Waals surface area contributed by atoms with Crippen LogP contribution >= 0.6 is 0 Å². The second kappa shape index (κ2) is 11.0. The lowest BCUT2D eigenvalue weighted by Gasteiger charge is -2.28. The van der Waals surface area contributed by atoms with Gasteiger partial charge in [0.1, 0.15) is 0 Å². The number of ether oxygens (including phenoxy) is 2. The minimum Gasteiger partial charge on any atom is -0.427 e. The summed E-state index contributed by atoms with van der Waals surface area (Å²) in [5.74, 6) is -1.51. The first kappa shape index (κ1) is 26.3. The van der Waals surface area contributed by atoms with E-state index in [2.05, 4.69) is 11.7 Å². The van der Waals surface area contributed by atoms with Crippen LogP contribution in [-0.2, 0) is 4.74 Å². The molecule has 1 atom stereocenters. The third kappa shape index (κ3) is 6.64. The summed E-state index contributed by atoms with van der Waals surface area (Å²) in [5, 5.41) is 0. The molecule has 1 aliphatic rings. The molecule has 0 radical (unpaired) electrons. The van der Waals surface area contributed by atoms with Crippen molar-refractivity contribution in [2.45, 2.75) is 63.4 Å². The molecule has 0 amide bonds. The summed E-state index contributed by atoms with van der Waals surface area (Å²) in [6.45, 7) is 3.65. The molecule has 1 saturated carbocycles. The zero-order valence-electron chi connectivity index (χ0n) is 18.7. The molecular weight excluding hydrogens is 465 g/mol. The lowest BCUT2D eigenvalue weighted by atomic mass is 9.79. The Morgan fingerprint density at radius 3 is 2.09 bits per heavy atom. The topological polar surface area (TPSA) is 18.5 Å². The molecule has 3 rings (SSSR count). The third-order valence-corrected chi connectivity index (χ3v) is 6.02. The number of alkyl halides is 6. The highest BCUT2D eigenvalue weighted by molar-refractivity contribution is 5.64. The fourth-order valence-corrected chi connectivity index (χ4v) is 4.16. The Kier molecular flexibility index (Phi) is 8.49. The van der Waals surface area contributed by atoms with Crippen molar-refractivity contribution in [2.24, 2.45) is 5.92 Å². The van der Waals surface area contributed by atoms with E-state index >= 15 is 0 Å². The molecule has 1 fully saturated rings. The van der Waals surface area contributed by atoms with E-state index in [1.807, 2.05) is 12.1 Å². The second-order valence-electron chi connectivity index (χ2n) is 8.63. The summed E-state index contributed by atoms with van der Waals surface area (Å²) >= 11 is 0. The highest BCUT2D eigenvalue weighted by atomic mass is 19.4. The van der Waals surface area contributed by atoms with Crippen LogP contribution in [0.5, 0.6) is 5.75 Å². The molecule has 1 unspecified atom stereocenters. The van der Waals surface area contributed by atoms with Gasteiger partial charge < -0.3 is 9.47 Å². The van der Waals surface area contributed by atoms with Gasteiger partial charge in [0.2, 0.25) is 0 Å². The largest absolute Gasteiger partial charge is 0.439 e. The molecule has 1 aliphatic carbocycles. The van der Waals surface area contributed by atoms with Gasteiger partial charge in [-0.25, -0.2) is 8.78 Å². The minimum absolute atomic E-state index is 0.323. The van der Waals surface area contributed by atoms with Gasteiger partial charge in [0.05, 0.1) is 0 Å². The molecule has 2 aromatic rings. The normalized spacial score (nSPS) is 20.2. The first-order valence-electron chi connectivity index (χ1n) is 11.3. The fourth-order valence-electron chi connectivity index (χ4n) is 4.16. The van der Waals surface area contributed by atoms with Crippen molar-refractivity contribution in [1.82, 2.24) is 0 Å². The van der Waals surface area contributed by atoms with Crippen LogP contribution in [-0.4, -0.2) is 31.7 Å². The summed E-state index contributed by atoms with van der Waals surface area (Å²) in [4.78, 5) is 0. The average Bonchev–Trinajstić information content (AvgIpc) is 2.80. The summed E-state index contributed by atoms with van der Waals surface area (Å²) in [6, 6.07) is 10.3. The van der Waals surface area contributed by atoms with Crippen molar-refractivity contribution in [3.8, 4) is 16.9 Å². The zero-order chi connectivity index (χ0) is 24.9. The Labute approximate surface area is 194 Å². The SMILES string of the molecule is CCCOCC1CCC(c2ccc(-c3ccc(OC(F)(F)C(F)C(F)(F)F)c(F)c3)cc2)CC1. The summed E-state index contributed by atoms with van der Waals surface area (Å²) < 4.78 is 100. The molecule has 34 heavy (non-hydrogen) atoms. The molecule has 0 spiro atoms. The molecule has 0 saturated heterocycles. The number of benzene rings is 2. The Hall–Kier alpha value is -2.29. The van der Waals surface area contributed by atoms with E-state index in [1.54, 1.807) is 12.1 Å². The average molecular weight is 492 g/mol. The van der Waals surface area contributed by atoms with E-state index in [1.165, 1.54) is 6.07 Å². The number of halogens is 7. The van der Waals surface area contributed by atoms with Crippen molar-refractivity contribution in [2.75, 3.05) is 13.2 Å². The summed E-state index contributed by atoms with van der Waals surface area (Å²) in [7, 11) is 0. The fraction of sp³-hybridized carbons (Fsp3) is 0.520. The number of hydrogen-bond donors (Lipinski definition) is 0. The monoisotopic (exact) mass is 492 g/mol. The van der Waals surface area contributed by atoms with Gasteiger partial charge in [-0.15, -0.1) is 0 Å². The maximum Gasteiger partial charge on any atom is 0.439 e. The smallest absolute Gasteiger partial charge is 0.427 e. The van der Waals surface area contributed by atoms with E-state index in [4.69, 9.17) is 4.74 Å². The van der Waals surface area contributed by atoms with Crippen LogP contribution in [0.4, 0.5) is 30.7 Å². The first-order valence-corrected chi connectivity index (χ1v) is 11.3. The van der Waals surface area contributed by atoms with Crippen molar-refractivity contribution < 1.29 is 40.2 Å². The molecular formula is C25H27F7O2. The highest BCUT2D eigenvalue weighted by Crippen LogP contribution is 2.39. The van der Waals surface area contributed by atoms with Gasteiger partial charge >= 0.3 is 12.3 Å². The van der Waals surface area contributed by atoms with Crippen LogP contribution < -0.4 is 4.74 Å². The third-order valence-electron chi connectivity index (χ3n) is 6.02. The predicted octanol–water partition coefficient (Wildman–Crippen LogP) is 8.07. The minimum atomic E-state index is -5.84. The van der Waals surface area contributed by atoms with Gasteiger partial charge in [-0.2, -0.15) is 22.0 Å². The lowest BCUT2D eigenvalue weighted by molar-refractivity contribution is -0.305. The maximum absolute atomic E-state index is 14.3. The summed E-state index contributed by atoms with van der Waals surface area (Å²) in [5.41, 5.74) is 2.07. The van der Waals surface area contributed by atoms with Gasteiger partial charge in [0, 0.05) is 13.2 Å². The number of rotatable bonds is 9. The second-order valence-corrected chi connectivity index (χ2v) is 8.63. The number of hydrogen-bond acceptors (Lipinski definition) is 2. The van der Waals surface area contributed by atoms with Gasteiger partial charge in [-0.05, 0) is 72.8 Å². The van der Waals surface area contributed by atoms with Crippen LogP contribution in [0.25, 0.3) is 11.1 Å². The van der Waals surface area contributed by atoms with E-state index in [0.29, 0.717) is 23.0 Å². The van der Waals surface area contributed by atoms with E-state index in [9.17, 15) is 30.7 Å². The van der Waals surface area contributed by atoms with Gasteiger partial charge in [-0.1, -0.05) is 37.3 Å². The maximum atomic E-state index is 14.3.